The Morgan fingerprint density at radius 2 is 1.94 bits per heavy atom. The van der Waals surface area contributed by atoms with Crippen molar-refractivity contribution in [3.8, 4) is 11.8 Å². The quantitative estimate of drug-likeness (QED) is 0.347. The van der Waals surface area contributed by atoms with Crippen LogP contribution in [0.25, 0.3) is 22.7 Å². The van der Waals surface area contributed by atoms with Crippen molar-refractivity contribution in [2.45, 2.75) is 6.61 Å². The predicted molar refractivity (Wildman–Crippen MR) is 119 cm³/mol. The molecule has 152 valence electrons. The number of fused-ring (bicyclic) bond motifs is 1. The molecule has 31 heavy (non-hydrogen) atoms. The van der Waals surface area contributed by atoms with E-state index < -0.39 is 5.97 Å². The zero-order chi connectivity index (χ0) is 21.8. The number of para-hydroxylation sites is 2. The summed E-state index contributed by atoms with van der Waals surface area (Å²) in [6.07, 6.45) is 1.67. The lowest BCUT2D eigenvalue weighted by atomic mass is 10.1. The molecule has 1 heterocycles. The van der Waals surface area contributed by atoms with Gasteiger partial charge in [0, 0.05) is 10.0 Å². The van der Waals surface area contributed by atoms with E-state index in [1.54, 1.807) is 30.3 Å². The highest BCUT2D eigenvalue weighted by atomic mass is 79.9. The molecule has 0 saturated carbocycles. The van der Waals surface area contributed by atoms with Crippen molar-refractivity contribution in [1.29, 1.82) is 5.26 Å². The number of benzene rings is 3. The van der Waals surface area contributed by atoms with Gasteiger partial charge in [-0.1, -0.05) is 40.2 Å². The van der Waals surface area contributed by atoms with E-state index in [0.29, 0.717) is 22.4 Å². The number of nitriles is 1. The number of hydrogen-bond acceptors (Lipinski definition) is 5. The second-order valence-electron chi connectivity index (χ2n) is 6.63. The minimum absolute atomic E-state index is 0.216. The van der Waals surface area contributed by atoms with Crippen molar-refractivity contribution in [3.63, 3.8) is 0 Å². The molecule has 0 aliphatic carbocycles. The third kappa shape index (κ3) is 4.65. The zero-order valence-corrected chi connectivity index (χ0v) is 17.7. The molecule has 0 aliphatic rings. The molecule has 0 aliphatic heterocycles. The van der Waals surface area contributed by atoms with Gasteiger partial charge >= 0.3 is 5.97 Å². The highest BCUT2D eigenvalue weighted by Crippen LogP contribution is 2.29. The molecule has 7 heteroatoms. The van der Waals surface area contributed by atoms with Crippen molar-refractivity contribution in [3.05, 3.63) is 93.8 Å². The van der Waals surface area contributed by atoms with E-state index >= 15 is 0 Å². The summed E-state index contributed by atoms with van der Waals surface area (Å²) in [7, 11) is 0. The molecule has 0 saturated heterocycles. The van der Waals surface area contributed by atoms with Crippen molar-refractivity contribution in [2.24, 2.45) is 0 Å². The summed E-state index contributed by atoms with van der Waals surface area (Å²) in [5, 5.41) is 18.7. The van der Waals surface area contributed by atoms with E-state index in [9.17, 15) is 10.1 Å². The number of rotatable bonds is 6. The number of oxazole rings is 1. The zero-order valence-electron chi connectivity index (χ0n) is 16.1. The van der Waals surface area contributed by atoms with Crippen LogP contribution in [0.4, 0.5) is 0 Å². The highest BCUT2D eigenvalue weighted by molar-refractivity contribution is 9.10. The second-order valence-corrected chi connectivity index (χ2v) is 7.55. The Bertz CT molecular complexity index is 1300. The Morgan fingerprint density at radius 1 is 1.16 bits per heavy atom. The largest absolute Gasteiger partial charge is 0.488 e. The number of carboxylic acid groups (broad SMARTS) is 1. The SMILES string of the molecule is N#C/C(=C\c1cc(Br)ccc1OCc1ccc(C(=O)O)cc1)c1nc2ccccc2o1. The first kappa shape index (κ1) is 20.4. The normalized spacial score (nSPS) is 11.3. The molecule has 6 nitrogen and oxygen atoms in total. The van der Waals surface area contributed by atoms with Crippen LogP contribution in [0.2, 0.25) is 0 Å². The Balaban J connectivity index is 1.62. The first-order valence-corrected chi connectivity index (χ1v) is 10.0. The Labute approximate surface area is 186 Å². The standard InChI is InChI=1S/C24H15BrN2O4/c25-19-9-10-21(30-14-15-5-7-16(8-6-15)24(28)29)17(12-19)11-18(13-26)23-27-20-3-1-2-4-22(20)31-23/h1-12H,14H2,(H,28,29)/b18-11+. The fraction of sp³-hybridized carbons (Fsp3) is 0.0417. The summed E-state index contributed by atoms with van der Waals surface area (Å²) in [4.78, 5) is 15.4. The van der Waals surface area contributed by atoms with E-state index in [1.807, 2.05) is 30.3 Å². The molecule has 1 N–H and O–H groups in total. The number of ether oxygens (including phenoxy) is 1. The van der Waals surface area contributed by atoms with E-state index in [4.69, 9.17) is 14.3 Å². The molecule has 4 aromatic rings. The number of nitrogens with zero attached hydrogens (tertiary/aromatic N) is 2. The van der Waals surface area contributed by atoms with Crippen LogP contribution in [0.3, 0.4) is 0 Å². The van der Waals surface area contributed by atoms with Crippen LogP contribution in [-0.2, 0) is 6.61 Å². The van der Waals surface area contributed by atoms with Gasteiger partial charge in [-0.3, -0.25) is 0 Å². The van der Waals surface area contributed by atoms with Gasteiger partial charge < -0.3 is 14.3 Å². The average molecular weight is 475 g/mol. The third-order valence-corrected chi connectivity index (χ3v) is 5.00. The molecule has 4 rings (SSSR count). The Kier molecular flexibility index (Phi) is 5.83. The summed E-state index contributed by atoms with van der Waals surface area (Å²) in [6, 6.07) is 21.4. The van der Waals surface area contributed by atoms with Gasteiger partial charge in [-0.2, -0.15) is 5.26 Å². The maximum Gasteiger partial charge on any atom is 0.335 e. The molecular weight excluding hydrogens is 460 g/mol. The third-order valence-electron chi connectivity index (χ3n) is 4.51. The molecule has 0 spiro atoms. The van der Waals surface area contributed by atoms with Gasteiger partial charge in [0.1, 0.15) is 29.5 Å². The van der Waals surface area contributed by atoms with Gasteiger partial charge in [0.25, 0.3) is 0 Å². The minimum atomic E-state index is -0.976. The number of aromatic carboxylic acids is 1. The molecule has 0 atom stereocenters. The average Bonchev–Trinajstić information content (AvgIpc) is 3.21. The van der Waals surface area contributed by atoms with Gasteiger partial charge in [-0.15, -0.1) is 0 Å². The molecule has 0 amide bonds. The van der Waals surface area contributed by atoms with Gasteiger partial charge in [0.15, 0.2) is 5.58 Å². The topological polar surface area (TPSA) is 96.3 Å². The van der Waals surface area contributed by atoms with Gasteiger partial charge in [-0.25, -0.2) is 9.78 Å². The summed E-state index contributed by atoms with van der Waals surface area (Å²) in [5.74, 6) is -0.177. The number of halogens is 1. The number of carbonyl (C=O) groups is 1. The first-order valence-electron chi connectivity index (χ1n) is 9.26. The lowest BCUT2D eigenvalue weighted by Crippen LogP contribution is -2.00. The summed E-state index contributed by atoms with van der Waals surface area (Å²) in [5.41, 5.74) is 3.26. The van der Waals surface area contributed by atoms with E-state index in [2.05, 4.69) is 27.0 Å². The molecule has 0 bridgehead atoms. The second kappa shape index (κ2) is 8.86. The van der Waals surface area contributed by atoms with Crippen LogP contribution in [0.1, 0.15) is 27.4 Å². The lowest BCUT2D eigenvalue weighted by Gasteiger charge is -2.10. The van der Waals surface area contributed by atoms with Gasteiger partial charge in [0.2, 0.25) is 5.89 Å². The van der Waals surface area contributed by atoms with Crippen molar-refractivity contribution >= 4 is 44.6 Å². The molecule has 0 unspecified atom stereocenters. The predicted octanol–water partition coefficient (Wildman–Crippen LogP) is 5.93. The van der Waals surface area contributed by atoms with Crippen molar-refractivity contribution < 1.29 is 19.1 Å². The van der Waals surface area contributed by atoms with Crippen LogP contribution < -0.4 is 4.74 Å². The lowest BCUT2D eigenvalue weighted by molar-refractivity contribution is 0.0697. The summed E-state index contributed by atoms with van der Waals surface area (Å²) < 4.78 is 12.5. The fourth-order valence-electron chi connectivity index (χ4n) is 2.95. The van der Waals surface area contributed by atoms with Crippen LogP contribution in [0.5, 0.6) is 5.75 Å². The number of carboxylic acids is 1. The molecular formula is C24H15BrN2O4. The monoisotopic (exact) mass is 474 g/mol. The van der Waals surface area contributed by atoms with Crippen LogP contribution >= 0.6 is 15.9 Å². The van der Waals surface area contributed by atoms with Crippen molar-refractivity contribution in [2.75, 3.05) is 0 Å². The van der Waals surface area contributed by atoms with Crippen molar-refractivity contribution in [1.82, 2.24) is 4.98 Å². The summed E-state index contributed by atoms with van der Waals surface area (Å²) >= 11 is 3.45. The maximum absolute atomic E-state index is 11.0. The highest BCUT2D eigenvalue weighted by Gasteiger charge is 2.13. The molecule has 3 aromatic carbocycles. The van der Waals surface area contributed by atoms with E-state index in [1.165, 1.54) is 12.1 Å². The molecule has 1 aromatic heterocycles. The van der Waals surface area contributed by atoms with E-state index in [-0.39, 0.29) is 23.6 Å². The number of aromatic nitrogens is 1. The van der Waals surface area contributed by atoms with E-state index in [0.717, 1.165) is 10.0 Å². The fourth-order valence-corrected chi connectivity index (χ4v) is 3.33. The minimum Gasteiger partial charge on any atom is -0.488 e. The van der Waals surface area contributed by atoms with Gasteiger partial charge in [0.05, 0.1) is 5.56 Å². The molecule has 0 radical (unpaired) electrons. The first-order chi connectivity index (χ1) is 15.0. The van der Waals surface area contributed by atoms with Crippen LogP contribution in [-0.4, -0.2) is 16.1 Å². The van der Waals surface area contributed by atoms with Crippen LogP contribution in [0.15, 0.2) is 75.6 Å². The van der Waals surface area contributed by atoms with Crippen LogP contribution in [0, 0.1) is 11.3 Å². The van der Waals surface area contributed by atoms with Gasteiger partial charge in [-0.05, 0) is 54.1 Å². The Hall–Kier alpha value is -3.89. The number of allylic oxidation sites excluding steroid dienone is 1. The Morgan fingerprint density at radius 3 is 2.65 bits per heavy atom. The summed E-state index contributed by atoms with van der Waals surface area (Å²) in [6.45, 7) is 0.243. The number of hydrogen-bond donors (Lipinski definition) is 1. The smallest absolute Gasteiger partial charge is 0.335 e. The maximum atomic E-state index is 11.0. The molecule has 0 fully saturated rings.